The zero-order valence-electron chi connectivity index (χ0n) is 14.8. The van der Waals surface area contributed by atoms with Crippen LogP contribution in [0.2, 0.25) is 0 Å². The van der Waals surface area contributed by atoms with Crippen molar-refractivity contribution in [2.45, 2.75) is 33.6 Å². The van der Waals surface area contributed by atoms with E-state index in [9.17, 15) is 14.0 Å². The van der Waals surface area contributed by atoms with Gasteiger partial charge in [0.15, 0.2) is 0 Å². The van der Waals surface area contributed by atoms with Gasteiger partial charge in [0.1, 0.15) is 5.82 Å². The van der Waals surface area contributed by atoms with Gasteiger partial charge in [-0.3, -0.25) is 9.59 Å². The lowest BCUT2D eigenvalue weighted by Crippen LogP contribution is -2.52. The van der Waals surface area contributed by atoms with Crippen LogP contribution >= 0.6 is 0 Å². The van der Waals surface area contributed by atoms with Crippen molar-refractivity contribution < 1.29 is 14.0 Å². The van der Waals surface area contributed by atoms with Crippen LogP contribution in [-0.2, 0) is 16.0 Å². The Bertz CT molecular complexity index is 580. The summed E-state index contributed by atoms with van der Waals surface area (Å²) in [6, 6.07) is 6.58. The fraction of sp³-hybridized carbons (Fsp3) is 0.579. The van der Waals surface area contributed by atoms with E-state index in [1.807, 2.05) is 25.7 Å². The molecule has 4 nitrogen and oxygen atoms in total. The maximum atomic E-state index is 13.7. The first-order valence-corrected chi connectivity index (χ1v) is 8.68. The van der Waals surface area contributed by atoms with Crippen LogP contribution in [0.3, 0.4) is 0 Å². The van der Waals surface area contributed by atoms with Gasteiger partial charge in [-0.15, -0.1) is 0 Å². The van der Waals surface area contributed by atoms with E-state index in [0.717, 1.165) is 0 Å². The summed E-state index contributed by atoms with van der Waals surface area (Å²) in [5.74, 6) is 0.0183. The van der Waals surface area contributed by atoms with Crippen molar-refractivity contribution in [2.75, 3.05) is 26.2 Å². The quantitative estimate of drug-likeness (QED) is 0.831. The number of amides is 2. The van der Waals surface area contributed by atoms with E-state index >= 15 is 0 Å². The molecule has 1 unspecified atom stereocenters. The molecule has 24 heavy (non-hydrogen) atoms. The molecule has 0 N–H and O–H groups in total. The number of hydrogen-bond donors (Lipinski definition) is 0. The third kappa shape index (κ3) is 4.79. The van der Waals surface area contributed by atoms with E-state index in [0.29, 0.717) is 50.5 Å². The Morgan fingerprint density at radius 3 is 2.21 bits per heavy atom. The van der Waals surface area contributed by atoms with E-state index < -0.39 is 0 Å². The molecule has 0 bridgehead atoms. The van der Waals surface area contributed by atoms with Crippen LogP contribution in [0.4, 0.5) is 4.39 Å². The molecule has 1 atom stereocenters. The van der Waals surface area contributed by atoms with Crippen molar-refractivity contribution in [3.63, 3.8) is 0 Å². The Morgan fingerprint density at radius 1 is 1.04 bits per heavy atom. The minimum absolute atomic E-state index is 0.0363. The minimum Gasteiger partial charge on any atom is -0.339 e. The molecule has 1 aromatic carbocycles. The van der Waals surface area contributed by atoms with Crippen molar-refractivity contribution in [2.24, 2.45) is 11.8 Å². The van der Waals surface area contributed by atoms with E-state index in [2.05, 4.69) is 0 Å². The fourth-order valence-corrected chi connectivity index (χ4v) is 3.05. The van der Waals surface area contributed by atoms with Crippen molar-refractivity contribution in [1.29, 1.82) is 0 Å². The molecule has 2 rings (SSSR count). The summed E-state index contributed by atoms with van der Waals surface area (Å²) in [4.78, 5) is 28.3. The van der Waals surface area contributed by atoms with Gasteiger partial charge in [0.25, 0.3) is 0 Å². The van der Waals surface area contributed by atoms with Crippen molar-refractivity contribution in [1.82, 2.24) is 9.80 Å². The first kappa shape index (κ1) is 18.4. The average molecular weight is 334 g/mol. The lowest BCUT2D eigenvalue weighted by atomic mass is 9.99. The molecule has 0 aliphatic carbocycles. The number of nitrogens with zero attached hydrogens (tertiary/aromatic N) is 2. The molecule has 1 aliphatic heterocycles. The van der Waals surface area contributed by atoms with Gasteiger partial charge in [0, 0.05) is 38.5 Å². The van der Waals surface area contributed by atoms with Crippen LogP contribution in [0.25, 0.3) is 0 Å². The van der Waals surface area contributed by atoms with Crippen molar-refractivity contribution in [3.05, 3.63) is 35.6 Å². The first-order chi connectivity index (χ1) is 11.4. The molecule has 132 valence electrons. The van der Waals surface area contributed by atoms with Gasteiger partial charge in [-0.05, 0) is 24.0 Å². The zero-order chi connectivity index (χ0) is 17.7. The van der Waals surface area contributed by atoms with Crippen LogP contribution in [-0.4, -0.2) is 47.8 Å². The predicted octanol–water partition coefficient (Wildman–Crippen LogP) is 2.72. The molecule has 1 saturated heterocycles. The number of carbonyl (C=O) groups is 2. The molecule has 2 amide bonds. The largest absolute Gasteiger partial charge is 0.339 e. The molecular formula is C19H27FN2O2. The molecule has 5 heteroatoms. The molecule has 0 radical (unpaired) electrons. The molecule has 1 aliphatic rings. The average Bonchev–Trinajstić information content (AvgIpc) is 2.55. The van der Waals surface area contributed by atoms with Crippen LogP contribution in [0.5, 0.6) is 0 Å². The van der Waals surface area contributed by atoms with Gasteiger partial charge in [-0.1, -0.05) is 39.0 Å². The number of carbonyl (C=O) groups excluding carboxylic acids is 2. The monoisotopic (exact) mass is 334 g/mol. The highest BCUT2D eigenvalue weighted by Crippen LogP contribution is 2.16. The maximum Gasteiger partial charge on any atom is 0.225 e. The zero-order valence-corrected chi connectivity index (χ0v) is 14.8. The number of benzene rings is 1. The van der Waals surface area contributed by atoms with E-state index in [1.54, 1.807) is 23.1 Å². The summed E-state index contributed by atoms with van der Waals surface area (Å²) < 4.78 is 13.7. The third-order valence-electron chi connectivity index (χ3n) is 4.43. The number of halogens is 1. The Kier molecular flexibility index (Phi) is 6.35. The summed E-state index contributed by atoms with van der Waals surface area (Å²) in [6.07, 6.45) is 0.954. The smallest absolute Gasteiger partial charge is 0.225 e. The fourth-order valence-electron chi connectivity index (χ4n) is 3.05. The summed E-state index contributed by atoms with van der Waals surface area (Å²) >= 11 is 0. The highest BCUT2D eigenvalue weighted by atomic mass is 19.1. The molecule has 1 aromatic rings. The summed E-state index contributed by atoms with van der Waals surface area (Å²) in [6.45, 7) is 8.19. The van der Waals surface area contributed by atoms with E-state index in [1.165, 1.54) is 6.07 Å². The Morgan fingerprint density at radius 2 is 1.62 bits per heavy atom. The second-order valence-corrected chi connectivity index (χ2v) is 7.00. The summed E-state index contributed by atoms with van der Waals surface area (Å²) in [5, 5.41) is 0. The molecule has 0 saturated carbocycles. The second kappa shape index (κ2) is 8.27. The van der Waals surface area contributed by atoms with E-state index in [4.69, 9.17) is 0 Å². The Hall–Kier alpha value is -1.91. The normalized spacial score (nSPS) is 16.4. The Labute approximate surface area is 143 Å². The predicted molar refractivity (Wildman–Crippen MR) is 91.9 cm³/mol. The molecular weight excluding hydrogens is 307 g/mol. The SMILES string of the molecule is CC(C)CC(=O)N1CCN(C(=O)C(C)Cc2ccccc2F)CC1. The summed E-state index contributed by atoms with van der Waals surface area (Å²) in [5.41, 5.74) is 0.573. The number of hydrogen-bond acceptors (Lipinski definition) is 2. The molecule has 1 fully saturated rings. The lowest BCUT2D eigenvalue weighted by Gasteiger charge is -2.36. The van der Waals surface area contributed by atoms with Gasteiger partial charge in [0.2, 0.25) is 11.8 Å². The highest BCUT2D eigenvalue weighted by Gasteiger charge is 2.27. The van der Waals surface area contributed by atoms with Gasteiger partial charge in [0.05, 0.1) is 0 Å². The third-order valence-corrected chi connectivity index (χ3v) is 4.43. The Balaban J connectivity index is 1.86. The van der Waals surface area contributed by atoms with Gasteiger partial charge >= 0.3 is 0 Å². The van der Waals surface area contributed by atoms with Crippen LogP contribution in [0.15, 0.2) is 24.3 Å². The topological polar surface area (TPSA) is 40.6 Å². The van der Waals surface area contributed by atoms with Crippen LogP contribution in [0, 0.1) is 17.7 Å². The first-order valence-electron chi connectivity index (χ1n) is 8.68. The van der Waals surface area contributed by atoms with Crippen LogP contribution < -0.4 is 0 Å². The standard InChI is InChI=1S/C19H27FN2O2/c1-14(2)12-18(23)21-8-10-22(11-9-21)19(24)15(3)13-16-6-4-5-7-17(16)20/h4-7,14-15H,8-13H2,1-3H3. The molecule has 1 heterocycles. The highest BCUT2D eigenvalue weighted by molar-refractivity contribution is 5.80. The van der Waals surface area contributed by atoms with Gasteiger partial charge in [-0.25, -0.2) is 4.39 Å². The van der Waals surface area contributed by atoms with E-state index in [-0.39, 0.29) is 23.5 Å². The molecule has 0 aromatic heterocycles. The van der Waals surface area contributed by atoms with Crippen molar-refractivity contribution in [3.8, 4) is 0 Å². The maximum absolute atomic E-state index is 13.7. The minimum atomic E-state index is -0.264. The second-order valence-electron chi connectivity index (χ2n) is 7.00. The van der Waals surface area contributed by atoms with Gasteiger partial charge < -0.3 is 9.80 Å². The lowest BCUT2D eigenvalue weighted by molar-refractivity contribution is -0.142. The van der Waals surface area contributed by atoms with Crippen LogP contribution in [0.1, 0.15) is 32.8 Å². The number of piperazine rings is 1. The number of rotatable bonds is 5. The van der Waals surface area contributed by atoms with Gasteiger partial charge in [-0.2, -0.15) is 0 Å². The molecule has 0 spiro atoms. The van der Waals surface area contributed by atoms with Crippen molar-refractivity contribution >= 4 is 11.8 Å². The summed E-state index contributed by atoms with van der Waals surface area (Å²) in [7, 11) is 0.